The molecule has 0 aromatic rings. The first-order valence-corrected chi connectivity index (χ1v) is 2.13. The van der Waals surface area contributed by atoms with Gasteiger partial charge < -0.3 is 9.84 Å². The monoisotopic (exact) mass is 140 g/mol. The number of carboxylic acid groups (broad SMARTS) is 1. The zero-order chi connectivity index (χ0) is 7.49. The third kappa shape index (κ3) is 3.84. The molecular weight excluding hydrogens is 134 g/mol. The van der Waals surface area contributed by atoms with Crippen LogP contribution in [0.15, 0.2) is 0 Å². The van der Waals surface area contributed by atoms with Crippen molar-refractivity contribution in [2.24, 2.45) is 0 Å². The van der Waals surface area contributed by atoms with Crippen LogP contribution in [0.25, 0.3) is 0 Å². The average Bonchev–Trinajstić information content (AvgIpc) is 1.63. The van der Waals surface area contributed by atoms with Crippen LogP contribution in [0.2, 0.25) is 0 Å². The van der Waals surface area contributed by atoms with E-state index in [4.69, 9.17) is 5.11 Å². The first-order valence-electron chi connectivity index (χ1n) is 2.13. The molecule has 0 aromatic carbocycles. The minimum atomic E-state index is -3.54. The summed E-state index contributed by atoms with van der Waals surface area (Å²) < 4.78 is 27.1. The van der Waals surface area contributed by atoms with Crippen molar-refractivity contribution in [2.75, 3.05) is 7.11 Å². The molecule has 54 valence electrons. The Kier molecular flexibility index (Phi) is 2.51. The van der Waals surface area contributed by atoms with Crippen LogP contribution in [-0.4, -0.2) is 24.3 Å². The van der Waals surface area contributed by atoms with E-state index in [1.54, 1.807) is 0 Å². The topological polar surface area (TPSA) is 46.5 Å². The van der Waals surface area contributed by atoms with Crippen LogP contribution in [-0.2, 0) is 9.53 Å². The molecule has 0 spiro atoms. The number of aliphatic carboxylic acids is 1. The molecule has 0 aliphatic carbocycles. The Morgan fingerprint density at radius 3 is 2.33 bits per heavy atom. The minimum Gasteiger partial charge on any atom is -0.481 e. The predicted molar refractivity (Wildman–Crippen MR) is 24.2 cm³/mol. The molecule has 9 heavy (non-hydrogen) atoms. The van der Waals surface area contributed by atoms with Crippen LogP contribution < -0.4 is 0 Å². The normalized spacial score (nSPS) is 11.4. The molecule has 0 aromatic heterocycles. The highest BCUT2D eigenvalue weighted by molar-refractivity contribution is 5.67. The highest BCUT2D eigenvalue weighted by atomic mass is 19.3. The summed E-state index contributed by atoms with van der Waals surface area (Å²) >= 11 is 0. The van der Waals surface area contributed by atoms with E-state index in [-0.39, 0.29) is 0 Å². The number of carbonyl (C=O) groups is 1. The molecule has 0 unspecified atom stereocenters. The average molecular weight is 140 g/mol. The van der Waals surface area contributed by atoms with E-state index >= 15 is 0 Å². The van der Waals surface area contributed by atoms with E-state index in [0.29, 0.717) is 0 Å². The lowest BCUT2D eigenvalue weighted by Gasteiger charge is -2.09. The second-order valence-corrected chi connectivity index (χ2v) is 1.41. The van der Waals surface area contributed by atoms with Gasteiger partial charge in [-0.3, -0.25) is 4.79 Å². The number of methoxy groups -OCH3 is 1. The van der Waals surface area contributed by atoms with Gasteiger partial charge in [0.05, 0.1) is 0 Å². The number of halogens is 2. The minimum absolute atomic E-state index is 0.753. The molecule has 0 rings (SSSR count). The number of ether oxygens (including phenoxy) is 1. The number of hydrogen-bond donors (Lipinski definition) is 1. The summed E-state index contributed by atoms with van der Waals surface area (Å²) in [6.07, 6.45) is -4.82. The Bertz CT molecular complexity index is 112. The largest absolute Gasteiger partial charge is 0.481 e. The summed E-state index contributed by atoms with van der Waals surface area (Å²) in [5, 5.41) is 7.82. The van der Waals surface area contributed by atoms with Gasteiger partial charge in [0.15, 0.2) is 0 Å². The molecule has 0 atom stereocenters. The van der Waals surface area contributed by atoms with Crippen molar-refractivity contribution in [1.29, 1.82) is 0 Å². The molecule has 0 saturated carbocycles. The van der Waals surface area contributed by atoms with Crippen LogP contribution in [0.5, 0.6) is 0 Å². The van der Waals surface area contributed by atoms with Gasteiger partial charge in [0.25, 0.3) is 0 Å². The molecular formula is C4H6F2O3. The van der Waals surface area contributed by atoms with E-state index < -0.39 is 18.5 Å². The Morgan fingerprint density at radius 2 is 2.22 bits per heavy atom. The lowest BCUT2D eigenvalue weighted by Crippen LogP contribution is -2.22. The van der Waals surface area contributed by atoms with Crippen LogP contribution in [0.3, 0.4) is 0 Å². The second kappa shape index (κ2) is 2.72. The standard InChI is InChI=1S/C4H6F2O3/c1-9-4(5,6)2-3(7)8/h2H2,1H3,(H,7,8). The highest BCUT2D eigenvalue weighted by Gasteiger charge is 2.31. The van der Waals surface area contributed by atoms with Crippen molar-refractivity contribution in [2.45, 2.75) is 12.5 Å². The molecule has 0 heterocycles. The first kappa shape index (κ1) is 8.29. The van der Waals surface area contributed by atoms with Crippen molar-refractivity contribution < 1.29 is 23.4 Å². The fraction of sp³-hybridized carbons (Fsp3) is 0.750. The second-order valence-electron chi connectivity index (χ2n) is 1.41. The number of hydrogen-bond acceptors (Lipinski definition) is 2. The zero-order valence-electron chi connectivity index (χ0n) is 4.73. The van der Waals surface area contributed by atoms with Crippen molar-refractivity contribution in [3.63, 3.8) is 0 Å². The van der Waals surface area contributed by atoms with Crippen LogP contribution >= 0.6 is 0 Å². The van der Waals surface area contributed by atoms with Gasteiger partial charge in [0.2, 0.25) is 0 Å². The molecule has 0 aliphatic heterocycles. The SMILES string of the molecule is COC(F)(F)CC(=O)O. The smallest absolute Gasteiger partial charge is 0.366 e. The molecule has 0 radical (unpaired) electrons. The van der Waals surface area contributed by atoms with Gasteiger partial charge >= 0.3 is 12.1 Å². The maximum absolute atomic E-state index is 11.8. The molecule has 0 amide bonds. The summed E-state index contributed by atoms with van der Waals surface area (Å²) in [5.41, 5.74) is 0. The van der Waals surface area contributed by atoms with E-state index in [9.17, 15) is 13.6 Å². The maximum Gasteiger partial charge on any atom is 0.366 e. The Labute approximate surface area is 50.2 Å². The molecule has 0 aliphatic rings. The van der Waals surface area contributed by atoms with Crippen molar-refractivity contribution in [1.82, 2.24) is 0 Å². The van der Waals surface area contributed by atoms with Gasteiger partial charge in [0.1, 0.15) is 6.42 Å². The van der Waals surface area contributed by atoms with E-state index in [1.807, 2.05) is 0 Å². The number of carboxylic acids is 1. The van der Waals surface area contributed by atoms with Crippen molar-refractivity contribution in [3.8, 4) is 0 Å². The van der Waals surface area contributed by atoms with Crippen LogP contribution in [0.4, 0.5) is 8.78 Å². The van der Waals surface area contributed by atoms with Gasteiger partial charge in [-0.15, -0.1) is 0 Å². The molecule has 5 heteroatoms. The maximum atomic E-state index is 11.8. The van der Waals surface area contributed by atoms with Gasteiger partial charge in [0, 0.05) is 7.11 Å². The van der Waals surface area contributed by atoms with Crippen molar-refractivity contribution >= 4 is 5.97 Å². The van der Waals surface area contributed by atoms with Crippen molar-refractivity contribution in [3.05, 3.63) is 0 Å². The third-order valence-corrected chi connectivity index (χ3v) is 0.656. The lowest BCUT2D eigenvalue weighted by atomic mass is 10.4. The molecule has 0 bridgehead atoms. The number of rotatable bonds is 3. The quantitative estimate of drug-likeness (QED) is 0.627. The summed E-state index contributed by atoms with van der Waals surface area (Å²) in [7, 11) is 0.753. The Hall–Kier alpha value is -0.710. The predicted octanol–water partition coefficient (Wildman–Crippen LogP) is 0.700. The van der Waals surface area contributed by atoms with Gasteiger partial charge in [-0.05, 0) is 0 Å². The molecule has 3 nitrogen and oxygen atoms in total. The highest BCUT2D eigenvalue weighted by Crippen LogP contribution is 2.17. The fourth-order valence-corrected chi connectivity index (χ4v) is 0.248. The summed E-state index contributed by atoms with van der Waals surface area (Å²) in [4.78, 5) is 9.61. The fourth-order valence-electron chi connectivity index (χ4n) is 0.248. The van der Waals surface area contributed by atoms with E-state index in [1.165, 1.54) is 0 Å². The van der Waals surface area contributed by atoms with Crippen LogP contribution in [0, 0.1) is 0 Å². The lowest BCUT2D eigenvalue weighted by molar-refractivity contribution is -0.227. The Balaban J connectivity index is 3.71. The first-order chi connectivity index (χ1) is 3.98. The molecule has 0 saturated heterocycles. The van der Waals surface area contributed by atoms with Crippen LogP contribution in [0.1, 0.15) is 6.42 Å². The Morgan fingerprint density at radius 1 is 1.78 bits per heavy atom. The number of alkyl halides is 2. The van der Waals surface area contributed by atoms with Gasteiger partial charge in [-0.25, -0.2) is 0 Å². The molecule has 0 fully saturated rings. The zero-order valence-corrected chi connectivity index (χ0v) is 4.73. The van der Waals surface area contributed by atoms with Gasteiger partial charge in [-0.1, -0.05) is 0 Å². The molecule has 1 N–H and O–H groups in total. The summed E-state index contributed by atoms with van der Waals surface area (Å²) in [6.45, 7) is 0. The third-order valence-electron chi connectivity index (χ3n) is 0.656. The summed E-state index contributed by atoms with van der Waals surface area (Å²) in [5.74, 6) is -1.58. The van der Waals surface area contributed by atoms with E-state index in [2.05, 4.69) is 4.74 Å². The van der Waals surface area contributed by atoms with Gasteiger partial charge in [-0.2, -0.15) is 8.78 Å². The summed E-state index contributed by atoms with van der Waals surface area (Å²) in [6, 6.07) is 0. The van der Waals surface area contributed by atoms with E-state index in [0.717, 1.165) is 7.11 Å².